The topological polar surface area (TPSA) is 61.8 Å². The van der Waals surface area contributed by atoms with Crippen LogP contribution in [0.2, 0.25) is 0 Å². The maximum atomic E-state index is 12.4. The monoisotopic (exact) mass is 432 g/mol. The lowest BCUT2D eigenvalue weighted by molar-refractivity contribution is 0.0950. The Hall–Kier alpha value is -2.05. The molecule has 0 atom stereocenters. The number of phenolic OH excluding ortho intramolecular Hbond substituents is 1. The molecule has 0 radical (unpaired) electrons. The van der Waals surface area contributed by atoms with Gasteiger partial charge in [0.15, 0.2) is 11.5 Å². The summed E-state index contributed by atoms with van der Waals surface area (Å²) in [4.78, 5) is 14.9. The molecule has 1 aliphatic rings. The SMILES string of the molecule is COc1cc(C(=O)NCc2ccc(CN3CCCCC3)cc2)cc(Br)c1O. The average molecular weight is 433 g/mol. The summed E-state index contributed by atoms with van der Waals surface area (Å²) in [6.07, 6.45) is 3.93. The second-order valence-electron chi connectivity index (χ2n) is 6.84. The Morgan fingerprint density at radius 3 is 2.48 bits per heavy atom. The highest BCUT2D eigenvalue weighted by molar-refractivity contribution is 9.10. The van der Waals surface area contributed by atoms with Crippen molar-refractivity contribution in [3.05, 3.63) is 57.6 Å². The third-order valence-corrected chi connectivity index (χ3v) is 5.45. The number of rotatable bonds is 6. The lowest BCUT2D eigenvalue weighted by atomic mass is 10.1. The molecule has 0 saturated carbocycles. The molecule has 2 aromatic carbocycles. The fourth-order valence-electron chi connectivity index (χ4n) is 3.28. The number of nitrogens with one attached hydrogen (secondary N) is 1. The summed E-state index contributed by atoms with van der Waals surface area (Å²) in [7, 11) is 1.45. The summed E-state index contributed by atoms with van der Waals surface area (Å²) in [6.45, 7) is 3.81. The van der Waals surface area contributed by atoms with Crippen LogP contribution in [0.25, 0.3) is 0 Å². The number of nitrogens with zero attached hydrogens (tertiary/aromatic N) is 1. The van der Waals surface area contributed by atoms with E-state index >= 15 is 0 Å². The number of phenols is 1. The number of piperidine rings is 1. The molecule has 1 heterocycles. The minimum Gasteiger partial charge on any atom is -0.503 e. The number of benzene rings is 2. The molecule has 2 N–H and O–H groups in total. The van der Waals surface area contributed by atoms with Gasteiger partial charge in [-0.05, 0) is 65.1 Å². The van der Waals surface area contributed by atoms with Gasteiger partial charge < -0.3 is 15.2 Å². The summed E-state index contributed by atoms with van der Waals surface area (Å²) in [5, 5.41) is 12.8. The normalized spacial score (nSPS) is 14.7. The van der Waals surface area contributed by atoms with Crippen molar-refractivity contribution < 1.29 is 14.6 Å². The highest BCUT2D eigenvalue weighted by Gasteiger charge is 2.14. The Labute approximate surface area is 168 Å². The van der Waals surface area contributed by atoms with E-state index in [4.69, 9.17) is 4.74 Å². The second kappa shape index (κ2) is 9.24. The lowest BCUT2D eigenvalue weighted by Crippen LogP contribution is -2.29. The maximum absolute atomic E-state index is 12.4. The molecule has 6 heteroatoms. The molecule has 3 rings (SSSR count). The van der Waals surface area contributed by atoms with E-state index in [0.29, 0.717) is 16.6 Å². The van der Waals surface area contributed by atoms with Crippen molar-refractivity contribution in [3.8, 4) is 11.5 Å². The fourth-order valence-corrected chi connectivity index (χ4v) is 3.73. The summed E-state index contributed by atoms with van der Waals surface area (Å²) in [6, 6.07) is 11.5. The van der Waals surface area contributed by atoms with Crippen molar-refractivity contribution in [2.75, 3.05) is 20.2 Å². The molecule has 0 spiro atoms. The third kappa shape index (κ3) is 5.23. The molecule has 1 aliphatic heterocycles. The van der Waals surface area contributed by atoms with Gasteiger partial charge >= 0.3 is 0 Å². The van der Waals surface area contributed by atoms with Gasteiger partial charge in [-0.15, -0.1) is 0 Å². The summed E-state index contributed by atoms with van der Waals surface area (Å²) < 4.78 is 5.52. The van der Waals surface area contributed by atoms with E-state index in [1.807, 2.05) is 0 Å². The number of methoxy groups -OCH3 is 1. The highest BCUT2D eigenvalue weighted by atomic mass is 79.9. The molecule has 5 nitrogen and oxygen atoms in total. The van der Waals surface area contributed by atoms with E-state index in [1.165, 1.54) is 51.1 Å². The summed E-state index contributed by atoms with van der Waals surface area (Å²) in [5.74, 6) is 0.0290. The fraction of sp³-hybridized carbons (Fsp3) is 0.381. The van der Waals surface area contributed by atoms with Crippen LogP contribution in [0, 0.1) is 0 Å². The zero-order valence-electron chi connectivity index (χ0n) is 15.5. The number of hydrogen-bond donors (Lipinski definition) is 2. The van der Waals surface area contributed by atoms with Crippen LogP contribution >= 0.6 is 15.9 Å². The Bertz CT molecular complexity index is 787. The summed E-state index contributed by atoms with van der Waals surface area (Å²) in [5.41, 5.74) is 2.79. The van der Waals surface area contributed by atoms with Crippen molar-refractivity contribution in [2.45, 2.75) is 32.4 Å². The molecular formula is C21H25BrN2O3. The van der Waals surface area contributed by atoms with Gasteiger partial charge in [0.1, 0.15) is 0 Å². The van der Waals surface area contributed by atoms with Crippen molar-refractivity contribution in [3.63, 3.8) is 0 Å². The van der Waals surface area contributed by atoms with Crippen LogP contribution in [0.1, 0.15) is 40.7 Å². The van der Waals surface area contributed by atoms with Gasteiger partial charge in [0.2, 0.25) is 0 Å². The van der Waals surface area contributed by atoms with Crippen LogP contribution in [0.3, 0.4) is 0 Å². The van der Waals surface area contributed by atoms with Crippen LogP contribution in [-0.2, 0) is 13.1 Å². The Morgan fingerprint density at radius 2 is 1.81 bits per heavy atom. The van der Waals surface area contributed by atoms with E-state index in [1.54, 1.807) is 6.07 Å². The molecule has 0 bridgehead atoms. The van der Waals surface area contributed by atoms with E-state index in [0.717, 1.165) is 12.1 Å². The third-order valence-electron chi connectivity index (χ3n) is 4.84. The van der Waals surface area contributed by atoms with Crippen molar-refractivity contribution in [2.24, 2.45) is 0 Å². The first kappa shape index (κ1) is 19.7. The number of likely N-dealkylation sites (tertiary alicyclic amines) is 1. The van der Waals surface area contributed by atoms with Gasteiger partial charge in [-0.2, -0.15) is 0 Å². The smallest absolute Gasteiger partial charge is 0.251 e. The lowest BCUT2D eigenvalue weighted by Gasteiger charge is -2.26. The van der Waals surface area contributed by atoms with E-state index in [-0.39, 0.29) is 17.4 Å². The predicted octanol–water partition coefficient (Wildman–Crippen LogP) is 4.08. The molecule has 1 amide bonds. The number of amides is 1. The Balaban J connectivity index is 1.56. The molecule has 2 aromatic rings. The molecule has 144 valence electrons. The van der Waals surface area contributed by atoms with Gasteiger partial charge in [0, 0.05) is 18.7 Å². The van der Waals surface area contributed by atoms with Crippen molar-refractivity contribution >= 4 is 21.8 Å². The number of hydrogen-bond acceptors (Lipinski definition) is 4. The molecule has 27 heavy (non-hydrogen) atoms. The molecule has 1 saturated heterocycles. The number of aromatic hydroxyl groups is 1. The first-order valence-electron chi connectivity index (χ1n) is 9.21. The van der Waals surface area contributed by atoms with Gasteiger partial charge in [0.05, 0.1) is 11.6 Å². The first-order valence-corrected chi connectivity index (χ1v) is 10.0. The molecule has 0 aromatic heterocycles. The Kier molecular flexibility index (Phi) is 6.74. The standard InChI is InChI=1S/C21H25BrN2O3/c1-27-19-12-17(11-18(22)20(19)25)21(26)23-13-15-5-7-16(8-6-15)14-24-9-3-2-4-10-24/h5-8,11-12,25H,2-4,9-10,13-14H2,1H3,(H,23,26). The molecule has 1 fully saturated rings. The van der Waals surface area contributed by atoms with Crippen LogP contribution < -0.4 is 10.1 Å². The second-order valence-corrected chi connectivity index (χ2v) is 7.70. The molecule has 0 aliphatic carbocycles. The van der Waals surface area contributed by atoms with Crippen LogP contribution in [0.15, 0.2) is 40.9 Å². The number of carbonyl (C=O) groups excluding carboxylic acids is 1. The number of halogens is 1. The van der Waals surface area contributed by atoms with Gasteiger partial charge in [-0.3, -0.25) is 9.69 Å². The number of ether oxygens (including phenoxy) is 1. The molecule has 0 unspecified atom stereocenters. The predicted molar refractivity (Wildman–Crippen MR) is 109 cm³/mol. The highest BCUT2D eigenvalue weighted by Crippen LogP contribution is 2.35. The minimum absolute atomic E-state index is 0.0154. The summed E-state index contributed by atoms with van der Waals surface area (Å²) >= 11 is 3.24. The average Bonchev–Trinajstić information content (AvgIpc) is 2.70. The van der Waals surface area contributed by atoms with E-state index in [2.05, 4.69) is 50.4 Å². The van der Waals surface area contributed by atoms with Gasteiger partial charge in [-0.25, -0.2) is 0 Å². The zero-order chi connectivity index (χ0) is 19.2. The minimum atomic E-state index is -0.216. The quantitative estimate of drug-likeness (QED) is 0.721. The zero-order valence-corrected chi connectivity index (χ0v) is 17.1. The number of carbonyl (C=O) groups is 1. The first-order chi connectivity index (χ1) is 13.1. The van der Waals surface area contributed by atoms with Crippen molar-refractivity contribution in [1.82, 2.24) is 10.2 Å². The van der Waals surface area contributed by atoms with Crippen LogP contribution in [0.4, 0.5) is 0 Å². The molecular weight excluding hydrogens is 408 g/mol. The largest absolute Gasteiger partial charge is 0.503 e. The van der Waals surface area contributed by atoms with Gasteiger partial charge in [-0.1, -0.05) is 30.7 Å². The maximum Gasteiger partial charge on any atom is 0.251 e. The van der Waals surface area contributed by atoms with Crippen LogP contribution in [-0.4, -0.2) is 36.1 Å². The van der Waals surface area contributed by atoms with E-state index < -0.39 is 0 Å². The van der Waals surface area contributed by atoms with Crippen LogP contribution in [0.5, 0.6) is 11.5 Å². The van der Waals surface area contributed by atoms with Gasteiger partial charge in [0.25, 0.3) is 5.91 Å². The Morgan fingerprint density at radius 1 is 1.15 bits per heavy atom. The van der Waals surface area contributed by atoms with Crippen molar-refractivity contribution in [1.29, 1.82) is 0 Å². The van der Waals surface area contributed by atoms with E-state index in [9.17, 15) is 9.90 Å².